The summed E-state index contributed by atoms with van der Waals surface area (Å²) >= 11 is 6.13. The zero-order valence-corrected chi connectivity index (χ0v) is 8.06. The van der Waals surface area contributed by atoms with Crippen molar-refractivity contribution in [3.05, 3.63) is 0 Å². The molecule has 0 aromatic heterocycles. The molecule has 2 saturated carbocycles. The molecule has 0 bridgehead atoms. The molecule has 0 radical (unpaired) electrons. The lowest BCUT2D eigenvalue weighted by Crippen LogP contribution is -2.27. The van der Waals surface area contributed by atoms with E-state index in [4.69, 9.17) is 11.6 Å². The van der Waals surface area contributed by atoms with E-state index in [1.54, 1.807) is 0 Å². The van der Waals surface area contributed by atoms with Gasteiger partial charge >= 0.3 is 0 Å². The summed E-state index contributed by atoms with van der Waals surface area (Å²) in [6.07, 6.45) is 8.33. The number of rotatable bonds is 2. The fourth-order valence-electron chi connectivity index (χ4n) is 1.77. The highest BCUT2D eigenvalue weighted by Gasteiger charge is 2.35. The van der Waals surface area contributed by atoms with Gasteiger partial charge < -0.3 is 0 Å². The van der Waals surface area contributed by atoms with Crippen LogP contribution in [0.1, 0.15) is 44.9 Å². The molecule has 2 fully saturated rings. The lowest BCUT2D eigenvalue weighted by atomic mass is 9.93. The maximum Gasteiger partial charge on any atom is 0.154 e. The highest BCUT2D eigenvalue weighted by Crippen LogP contribution is 2.40. The third-order valence-electron chi connectivity index (χ3n) is 2.84. The topological polar surface area (TPSA) is 24.7 Å². The van der Waals surface area contributed by atoms with E-state index in [0.717, 1.165) is 12.8 Å². The average molecular weight is 187 g/mol. The van der Waals surface area contributed by atoms with Crippen molar-refractivity contribution >= 4 is 11.6 Å². The summed E-state index contributed by atoms with van der Waals surface area (Å²) < 4.78 is 0. The van der Waals surface area contributed by atoms with Gasteiger partial charge in [-0.2, -0.15) is 10.2 Å². The van der Waals surface area contributed by atoms with Gasteiger partial charge in [-0.15, -0.1) is 0 Å². The van der Waals surface area contributed by atoms with Crippen LogP contribution in [0.2, 0.25) is 0 Å². The fraction of sp³-hybridized carbons (Fsp3) is 1.00. The van der Waals surface area contributed by atoms with Crippen molar-refractivity contribution in [1.82, 2.24) is 0 Å². The summed E-state index contributed by atoms with van der Waals surface area (Å²) in [5, 5.41) is 8.54. The monoisotopic (exact) mass is 186 g/mol. The van der Waals surface area contributed by atoms with Crippen molar-refractivity contribution in [1.29, 1.82) is 0 Å². The summed E-state index contributed by atoms with van der Waals surface area (Å²) in [5.41, 5.74) is 0. The predicted molar refractivity (Wildman–Crippen MR) is 49.5 cm³/mol. The predicted octanol–water partition coefficient (Wildman–Crippen LogP) is 3.50. The molecule has 12 heavy (non-hydrogen) atoms. The number of alkyl halides is 1. The van der Waals surface area contributed by atoms with Gasteiger partial charge in [-0.05, 0) is 32.1 Å². The van der Waals surface area contributed by atoms with E-state index in [2.05, 4.69) is 10.2 Å². The maximum atomic E-state index is 6.13. The van der Waals surface area contributed by atoms with E-state index in [0.29, 0.717) is 6.04 Å². The summed E-state index contributed by atoms with van der Waals surface area (Å²) in [5.74, 6) is 0. The van der Waals surface area contributed by atoms with Crippen LogP contribution in [0.3, 0.4) is 0 Å². The number of halogens is 1. The molecule has 0 amide bonds. The summed E-state index contributed by atoms with van der Waals surface area (Å²) in [6, 6.07) is 0.487. The molecular weight excluding hydrogens is 172 g/mol. The van der Waals surface area contributed by atoms with Crippen molar-refractivity contribution in [2.24, 2.45) is 10.2 Å². The van der Waals surface area contributed by atoms with Crippen LogP contribution in [-0.4, -0.2) is 11.0 Å². The molecule has 0 aliphatic heterocycles. The smallest absolute Gasteiger partial charge is 0.154 e. The van der Waals surface area contributed by atoms with E-state index < -0.39 is 0 Å². The molecule has 2 nitrogen and oxygen atoms in total. The molecule has 0 saturated heterocycles. The lowest BCUT2D eigenvalue weighted by Gasteiger charge is -2.30. The second-order valence-corrected chi connectivity index (χ2v) is 4.63. The first-order chi connectivity index (χ1) is 5.79. The number of hydrogen-bond donors (Lipinski definition) is 0. The summed E-state index contributed by atoms with van der Waals surface area (Å²) in [6.45, 7) is 0. The Balaban J connectivity index is 1.83. The first-order valence-corrected chi connectivity index (χ1v) is 5.27. The molecule has 0 aromatic rings. The molecule has 2 aliphatic rings. The van der Waals surface area contributed by atoms with Crippen molar-refractivity contribution in [2.75, 3.05) is 0 Å². The SMILES string of the molecule is ClC1(/N=N/C2CCCC2)CCC1. The minimum Gasteiger partial charge on any atom is -0.189 e. The molecule has 2 rings (SSSR count). The van der Waals surface area contributed by atoms with Gasteiger partial charge in [0.1, 0.15) is 0 Å². The van der Waals surface area contributed by atoms with Crippen LogP contribution in [0, 0.1) is 0 Å². The third kappa shape index (κ3) is 1.79. The van der Waals surface area contributed by atoms with Crippen molar-refractivity contribution in [2.45, 2.75) is 56.0 Å². The Morgan fingerprint density at radius 2 is 1.75 bits per heavy atom. The molecule has 0 atom stereocenters. The van der Waals surface area contributed by atoms with Gasteiger partial charge in [-0.25, -0.2) is 0 Å². The molecule has 68 valence electrons. The van der Waals surface area contributed by atoms with E-state index in [1.165, 1.54) is 32.1 Å². The standard InChI is InChI=1S/C9H15ClN2/c10-9(6-3-7-9)12-11-8-4-1-2-5-8/h8H,1-7H2/b12-11+. The van der Waals surface area contributed by atoms with Crippen LogP contribution in [0.4, 0.5) is 0 Å². The normalized spacial score (nSPS) is 29.4. The van der Waals surface area contributed by atoms with Gasteiger partial charge in [-0.3, -0.25) is 0 Å². The molecule has 2 aliphatic carbocycles. The first-order valence-electron chi connectivity index (χ1n) is 4.89. The van der Waals surface area contributed by atoms with Gasteiger partial charge in [0, 0.05) is 0 Å². The zero-order valence-electron chi connectivity index (χ0n) is 7.30. The molecule has 3 heteroatoms. The van der Waals surface area contributed by atoms with Crippen molar-refractivity contribution < 1.29 is 0 Å². The summed E-state index contributed by atoms with van der Waals surface area (Å²) in [4.78, 5) is -0.289. The lowest BCUT2D eigenvalue weighted by molar-refractivity contribution is 0.344. The second kappa shape index (κ2) is 3.33. The highest BCUT2D eigenvalue weighted by atomic mass is 35.5. The Hall–Kier alpha value is -0.110. The van der Waals surface area contributed by atoms with Gasteiger partial charge in [0.2, 0.25) is 0 Å². The van der Waals surface area contributed by atoms with Crippen LogP contribution in [0.25, 0.3) is 0 Å². The Bertz CT molecular complexity index is 181. The third-order valence-corrected chi connectivity index (χ3v) is 3.30. The first kappa shape index (κ1) is 8.49. The largest absolute Gasteiger partial charge is 0.189 e. The van der Waals surface area contributed by atoms with Gasteiger partial charge in [0.05, 0.1) is 6.04 Å². The van der Waals surface area contributed by atoms with E-state index in [1.807, 2.05) is 0 Å². The van der Waals surface area contributed by atoms with Gasteiger partial charge in [0.15, 0.2) is 5.00 Å². The Labute approximate surface area is 78.4 Å². The maximum absolute atomic E-state index is 6.13. The number of azo groups is 1. The van der Waals surface area contributed by atoms with Crippen LogP contribution < -0.4 is 0 Å². The Morgan fingerprint density at radius 1 is 1.08 bits per heavy atom. The number of nitrogens with zero attached hydrogens (tertiary/aromatic N) is 2. The molecule has 0 heterocycles. The van der Waals surface area contributed by atoms with Crippen LogP contribution in [-0.2, 0) is 0 Å². The van der Waals surface area contributed by atoms with E-state index >= 15 is 0 Å². The molecule has 0 spiro atoms. The van der Waals surface area contributed by atoms with Crippen LogP contribution in [0.15, 0.2) is 10.2 Å². The fourth-order valence-corrected chi connectivity index (χ4v) is 2.08. The average Bonchev–Trinajstić information content (AvgIpc) is 2.49. The molecular formula is C9H15ClN2. The minimum absolute atomic E-state index is 0.289. The Kier molecular flexibility index (Phi) is 2.35. The second-order valence-electron chi connectivity index (χ2n) is 3.93. The molecule has 0 unspecified atom stereocenters. The van der Waals surface area contributed by atoms with Crippen molar-refractivity contribution in [3.8, 4) is 0 Å². The molecule has 0 N–H and O–H groups in total. The van der Waals surface area contributed by atoms with Crippen molar-refractivity contribution in [3.63, 3.8) is 0 Å². The van der Waals surface area contributed by atoms with Gasteiger partial charge in [0.25, 0.3) is 0 Å². The van der Waals surface area contributed by atoms with E-state index in [-0.39, 0.29) is 5.00 Å². The van der Waals surface area contributed by atoms with E-state index in [9.17, 15) is 0 Å². The van der Waals surface area contributed by atoms with Crippen LogP contribution >= 0.6 is 11.6 Å². The number of hydrogen-bond acceptors (Lipinski definition) is 2. The quantitative estimate of drug-likeness (QED) is 0.358. The van der Waals surface area contributed by atoms with Gasteiger partial charge in [-0.1, -0.05) is 24.4 Å². The highest BCUT2D eigenvalue weighted by molar-refractivity contribution is 6.24. The zero-order chi connectivity index (χ0) is 8.44. The minimum atomic E-state index is -0.289. The molecule has 0 aromatic carbocycles. The summed E-state index contributed by atoms with van der Waals surface area (Å²) in [7, 11) is 0. The van der Waals surface area contributed by atoms with Crippen LogP contribution in [0.5, 0.6) is 0 Å². The Morgan fingerprint density at radius 3 is 2.25 bits per heavy atom.